The molecule has 6 nitrogen and oxygen atoms in total. The Morgan fingerprint density at radius 1 is 0.939 bits per heavy atom. The van der Waals surface area contributed by atoms with Crippen molar-refractivity contribution < 1.29 is 23.1 Å². The minimum absolute atomic E-state index is 0.0699. The second-order valence-corrected chi connectivity index (χ2v) is 7.84. The predicted octanol–water partition coefficient (Wildman–Crippen LogP) is 4.82. The van der Waals surface area contributed by atoms with Crippen molar-refractivity contribution in [1.29, 1.82) is 0 Å². The van der Waals surface area contributed by atoms with Crippen molar-refractivity contribution in [2.24, 2.45) is 0 Å². The molecule has 0 saturated heterocycles. The van der Waals surface area contributed by atoms with Crippen LogP contribution in [0.4, 0.5) is 4.39 Å². The molecule has 0 spiro atoms. The van der Waals surface area contributed by atoms with Gasteiger partial charge in [0.1, 0.15) is 29.6 Å². The van der Waals surface area contributed by atoms with Gasteiger partial charge >= 0.3 is 0 Å². The van der Waals surface area contributed by atoms with Gasteiger partial charge in [-0.2, -0.15) is 0 Å². The fourth-order valence-corrected chi connectivity index (χ4v) is 3.50. The maximum Gasteiger partial charge on any atom is 0.254 e. The highest BCUT2D eigenvalue weighted by Gasteiger charge is 2.23. The number of benzene rings is 2. The van der Waals surface area contributed by atoms with Gasteiger partial charge in [0, 0.05) is 18.7 Å². The molecule has 0 atom stereocenters. The molecule has 0 bridgehead atoms. The molecule has 0 aliphatic carbocycles. The van der Waals surface area contributed by atoms with E-state index in [1.165, 1.54) is 12.1 Å². The topological polar surface area (TPSA) is 63.0 Å². The van der Waals surface area contributed by atoms with Gasteiger partial charge in [-0.05, 0) is 67.4 Å². The monoisotopic (exact) mass is 452 g/mol. The number of hydrogen-bond acceptors (Lipinski definition) is 4. The van der Waals surface area contributed by atoms with Crippen molar-refractivity contribution in [2.75, 3.05) is 20.2 Å². The van der Waals surface area contributed by atoms with Gasteiger partial charge < -0.3 is 19.0 Å². The molecule has 3 aromatic rings. The molecule has 0 fully saturated rings. The highest BCUT2D eigenvalue weighted by molar-refractivity contribution is 5.96. The average molecular weight is 453 g/mol. The fourth-order valence-electron chi connectivity index (χ4n) is 3.50. The second-order valence-electron chi connectivity index (χ2n) is 7.84. The van der Waals surface area contributed by atoms with Crippen LogP contribution in [0.25, 0.3) is 0 Å². The zero-order valence-electron chi connectivity index (χ0n) is 19.2. The van der Waals surface area contributed by atoms with Gasteiger partial charge in [0.2, 0.25) is 5.91 Å². The van der Waals surface area contributed by atoms with Crippen LogP contribution in [0.3, 0.4) is 0 Å². The molecule has 2 aromatic carbocycles. The van der Waals surface area contributed by atoms with Gasteiger partial charge in [-0.3, -0.25) is 9.59 Å². The third kappa shape index (κ3) is 6.68. The minimum Gasteiger partial charge on any atom is -0.497 e. The number of nitrogens with zero attached hydrogens (tertiary/aromatic N) is 2. The zero-order valence-corrected chi connectivity index (χ0v) is 19.2. The van der Waals surface area contributed by atoms with Crippen LogP contribution in [-0.2, 0) is 17.9 Å². The highest BCUT2D eigenvalue weighted by atomic mass is 19.1. The third-order valence-electron chi connectivity index (χ3n) is 5.23. The number of amides is 2. The number of methoxy groups -OCH3 is 1. The lowest BCUT2D eigenvalue weighted by molar-refractivity contribution is -0.133. The molecule has 1 heterocycles. The minimum atomic E-state index is -0.336. The number of rotatable bonds is 10. The molecular weight excluding hydrogens is 423 g/mol. The van der Waals surface area contributed by atoms with E-state index < -0.39 is 0 Å². The van der Waals surface area contributed by atoms with Gasteiger partial charge in [0.15, 0.2) is 0 Å². The molecule has 0 aliphatic heterocycles. The van der Waals surface area contributed by atoms with Crippen LogP contribution in [-0.4, -0.2) is 41.8 Å². The van der Waals surface area contributed by atoms with Gasteiger partial charge in [-0.1, -0.05) is 19.1 Å². The summed E-state index contributed by atoms with van der Waals surface area (Å²) in [6.45, 7) is 4.70. The summed E-state index contributed by atoms with van der Waals surface area (Å²) in [6.07, 6.45) is 0.713. The summed E-state index contributed by atoms with van der Waals surface area (Å²) in [4.78, 5) is 29.6. The number of aryl methyl sites for hydroxylation is 1. The molecule has 1 aromatic heterocycles. The molecule has 33 heavy (non-hydrogen) atoms. The maximum absolute atomic E-state index is 13.3. The van der Waals surface area contributed by atoms with Gasteiger partial charge in [0.25, 0.3) is 5.91 Å². The smallest absolute Gasteiger partial charge is 0.254 e. The van der Waals surface area contributed by atoms with Crippen LogP contribution < -0.4 is 4.74 Å². The molecule has 0 aliphatic rings. The fraction of sp³-hybridized carbons (Fsp3) is 0.308. The van der Waals surface area contributed by atoms with Gasteiger partial charge in [-0.15, -0.1) is 0 Å². The number of furan rings is 1. The molecule has 0 N–H and O–H groups in total. The number of hydrogen-bond donors (Lipinski definition) is 0. The van der Waals surface area contributed by atoms with Crippen molar-refractivity contribution in [3.63, 3.8) is 0 Å². The first-order chi connectivity index (χ1) is 15.9. The average Bonchev–Trinajstić information content (AvgIpc) is 3.23. The maximum atomic E-state index is 13.3. The first-order valence-electron chi connectivity index (χ1n) is 10.9. The molecule has 0 saturated carbocycles. The van der Waals surface area contributed by atoms with Crippen LogP contribution in [0, 0.1) is 12.7 Å². The number of halogens is 1. The van der Waals surface area contributed by atoms with E-state index in [1.807, 2.05) is 26.0 Å². The Bertz CT molecular complexity index is 1060. The van der Waals surface area contributed by atoms with Crippen molar-refractivity contribution in [3.8, 4) is 5.75 Å². The summed E-state index contributed by atoms with van der Waals surface area (Å²) in [5.74, 6) is 1.28. The van der Waals surface area contributed by atoms with Crippen LogP contribution in [0.1, 0.15) is 40.8 Å². The molecule has 174 valence electrons. The van der Waals surface area contributed by atoms with E-state index in [2.05, 4.69) is 0 Å². The largest absolute Gasteiger partial charge is 0.497 e. The zero-order chi connectivity index (χ0) is 23.8. The molecule has 7 heteroatoms. The van der Waals surface area contributed by atoms with Gasteiger partial charge in [-0.25, -0.2) is 4.39 Å². The number of carbonyl (C=O) groups is 2. The summed E-state index contributed by atoms with van der Waals surface area (Å²) >= 11 is 0. The second kappa shape index (κ2) is 11.3. The van der Waals surface area contributed by atoms with Crippen molar-refractivity contribution in [1.82, 2.24) is 9.80 Å². The molecule has 0 radical (unpaired) electrons. The summed E-state index contributed by atoms with van der Waals surface area (Å²) in [5.41, 5.74) is 1.28. The number of ether oxygens (including phenoxy) is 1. The Balaban J connectivity index is 1.79. The van der Waals surface area contributed by atoms with Crippen LogP contribution >= 0.6 is 0 Å². The first kappa shape index (κ1) is 24.0. The Morgan fingerprint density at radius 3 is 2.21 bits per heavy atom. The van der Waals surface area contributed by atoms with Crippen LogP contribution in [0.2, 0.25) is 0 Å². The molecule has 3 rings (SSSR count). The van der Waals surface area contributed by atoms with E-state index in [0.717, 1.165) is 11.3 Å². The van der Waals surface area contributed by atoms with Crippen LogP contribution in [0.15, 0.2) is 65.1 Å². The van der Waals surface area contributed by atoms with E-state index in [4.69, 9.17) is 9.15 Å². The SMILES string of the molecule is CCCN(CC(=O)N(Cc1ccc(F)cc1)Cc1ccc(C)o1)C(=O)c1ccc(OC)cc1. The van der Waals surface area contributed by atoms with Crippen molar-refractivity contribution in [3.05, 3.63) is 89.1 Å². The first-order valence-corrected chi connectivity index (χ1v) is 10.9. The summed E-state index contributed by atoms with van der Waals surface area (Å²) < 4.78 is 24.2. The Kier molecular flexibility index (Phi) is 8.24. The van der Waals surface area contributed by atoms with E-state index in [-0.39, 0.29) is 37.3 Å². The summed E-state index contributed by atoms with van der Waals surface area (Å²) in [7, 11) is 1.56. The van der Waals surface area contributed by atoms with E-state index in [0.29, 0.717) is 30.0 Å². The van der Waals surface area contributed by atoms with E-state index in [1.54, 1.807) is 53.3 Å². The Morgan fingerprint density at radius 2 is 1.64 bits per heavy atom. The third-order valence-corrected chi connectivity index (χ3v) is 5.23. The standard InChI is InChI=1S/C26H29FN2O4/c1-4-15-28(26(31)21-8-13-23(32-3)14-9-21)18-25(30)29(17-24-12-5-19(2)33-24)16-20-6-10-22(27)11-7-20/h5-14H,4,15-18H2,1-3H3. The summed E-state index contributed by atoms with van der Waals surface area (Å²) in [5, 5.41) is 0. The molecular formula is C26H29FN2O4. The quantitative estimate of drug-likeness (QED) is 0.443. The number of carbonyl (C=O) groups excluding carboxylic acids is 2. The van der Waals surface area contributed by atoms with Gasteiger partial charge in [0.05, 0.1) is 13.7 Å². The van der Waals surface area contributed by atoms with E-state index in [9.17, 15) is 14.0 Å². The normalized spacial score (nSPS) is 10.7. The highest BCUT2D eigenvalue weighted by Crippen LogP contribution is 2.16. The molecule has 0 unspecified atom stereocenters. The van der Waals surface area contributed by atoms with Crippen molar-refractivity contribution in [2.45, 2.75) is 33.4 Å². The Hall–Kier alpha value is -3.61. The van der Waals surface area contributed by atoms with Crippen molar-refractivity contribution >= 4 is 11.8 Å². The van der Waals surface area contributed by atoms with Crippen LogP contribution in [0.5, 0.6) is 5.75 Å². The lowest BCUT2D eigenvalue weighted by Crippen LogP contribution is -2.42. The Labute approximate surface area is 193 Å². The predicted molar refractivity (Wildman–Crippen MR) is 123 cm³/mol. The lowest BCUT2D eigenvalue weighted by atomic mass is 10.1. The summed E-state index contributed by atoms with van der Waals surface area (Å²) in [6, 6.07) is 16.5. The lowest BCUT2D eigenvalue weighted by Gasteiger charge is -2.27. The molecule has 2 amide bonds. The van der Waals surface area contributed by atoms with E-state index >= 15 is 0 Å².